The molecule has 3 nitrogen and oxygen atoms in total. The van der Waals surface area contributed by atoms with Gasteiger partial charge in [0.1, 0.15) is 5.76 Å². The van der Waals surface area contributed by atoms with E-state index >= 15 is 0 Å². The number of hydrogen-bond acceptors (Lipinski definition) is 2. The van der Waals surface area contributed by atoms with Gasteiger partial charge in [-0.05, 0) is 18.2 Å². The first-order valence-corrected chi connectivity index (χ1v) is 3.34. The Morgan fingerprint density at radius 1 is 1.45 bits per heavy atom. The van der Waals surface area contributed by atoms with Crippen molar-refractivity contribution in [1.29, 1.82) is 0 Å². The van der Waals surface area contributed by atoms with Gasteiger partial charge in [-0.1, -0.05) is 0 Å². The Hall–Kier alpha value is -1.64. The minimum atomic E-state index is 0.719. The molecule has 0 atom stereocenters. The number of nitrogen functional groups attached to an aromatic ring is 1. The number of furan rings is 1. The summed E-state index contributed by atoms with van der Waals surface area (Å²) < 4.78 is 5.15. The molecule has 2 heterocycles. The third-order valence-corrected chi connectivity index (χ3v) is 1.49. The molecule has 0 aromatic carbocycles. The van der Waals surface area contributed by atoms with E-state index in [0.717, 1.165) is 17.1 Å². The molecular formula is C8H8N2O. The Morgan fingerprint density at radius 2 is 2.36 bits per heavy atom. The zero-order valence-corrected chi connectivity index (χ0v) is 5.87. The third-order valence-electron chi connectivity index (χ3n) is 1.49. The number of H-pyrrole nitrogens is 1. The fourth-order valence-corrected chi connectivity index (χ4v) is 0.985. The van der Waals surface area contributed by atoms with Crippen LogP contribution in [0.2, 0.25) is 0 Å². The van der Waals surface area contributed by atoms with E-state index in [1.165, 1.54) is 0 Å². The standard InChI is InChI=1S/C8H8N2O/c9-6-4-7(10-5-6)8-2-1-3-11-8/h1-5,10H,9H2. The predicted molar refractivity (Wildman–Crippen MR) is 42.9 cm³/mol. The molecule has 0 saturated heterocycles. The average molecular weight is 148 g/mol. The average Bonchev–Trinajstić information content (AvgIpc) is 2.55. The highest BCUT2D eigenvalue weighted by Gasteiger charge is 2.00. The largest absolute Gasteiger partial charge is 0.463 e. The molecule has 0 bridgehead atoms. The zero-order valence-electron chi connectivity index (χ0n) is 5.87. The molecule has 0 saturated carbocycles. The summed E-state index contributed by atoms with van der Waals surface area (Å²) in [5.41, 5.74) is 7.14. The van der Waals surface area contributed by atoms with Crippen molar-refractivity contribution in [3.05, 3.63) is 30.7 Å². The molecule has 0 aliphatic heterocycles. The van der Waals surface area contributed by atoms with Crippen molar-refractivity contribution < 1.29 is 4.42 Å². The molecule has 0 spiro atoms. The number of rotatable bonds is 1. The summed E-state index contributed by atoms with van der Waals surface area (Å²) in [7, 11) is 0. The van der Waals surface area contributed by atoms with Crippen LogP contribution in [-0.4, -0.2) is 4.98 Å². The topological polar surface area (TPSA) is 55.0 Å². The van der Waals surface area contributed by atoms with E-state index in [9.17, 15) is 0 Å². The molecule has 0 aliphatic carbocycles. The first-order chi connectivity index (χ1) is 5.36. The molecule has 2 aromatic heterocycles. The third kappa shape index (κ3) is 1.00. The summed E-state index contributed by atoms with van der Waals surface area (Å²) in [4.78, 5) is 2.99. The SMILES string of the molecule is Nc1c[nH]c(-c2ccco2)c1. The summed E-state index contributed by atoms with van der Waals surface area (Å²) in [5, 5.41) is 0. The lowest BCUT2D eigenvalue weighted by atomic mass is 10.3. The van der Waals surface area contributed by atoms with E-state index in [0.29, 0.717) is 0 Å². The Balaban J connectivity index is 2.45. The Kier molecular flexibility index (Phi) is 1.22. The molecule has 3 heteroatoms. The maximum atomic E-state index is 5.51. The van der Waals surface area contributed by atoms with Gasteiger partial charge < -0.3 is 15.1 Å². The molecule has 0 unspecified atom stereocenters. The van der Waals surface area contributed by atoms with Crippen molar-refractivity contribution in [3.8, 4) is 11.5 Å². The van der Waals surface area contributed by atoms with Crippen molar-refractivity contribution in [3.63, 3.8) is 0 Å². The molecule has 0 aliphatic rings. The van der Waals surface area contributed by atoms with E-state index in [2.05, 4.69) is 4.98 Å². The van der Waals surface area contributed by atoms with Gasteiger partial charge in [-0.2, -0.15) is 0 Å². The van der Waals surface area contributed by atoms with Gasteiger partial charge >= 0.3 is 0 Å². The van der Waals surface area contributed by atoms with Crippen LogP contribution in [0.5, 0.6) is 0 Å². The van der Waals surface area contributed by atoms with Crippen LogP contribution in [0.1, 0.15) is 0 Å². The van der Waals surface area contributed by atoms with Crippen molar-refractivity contribution in [2.45, 2.75) is 0 Å². The Bertz CT molecular complexity index is 335. The van der Waals surface area contributed by atoms with Crippen LogP contribution < -0.4 is 5.73 Å². The number of nitrogens with one attached hydrogen (secondary N) is 1. The highest BCUT2D eigenvalue weighted by molar-refractivity contribution is 5.58. The van der Waals surface area contributed by atoms with Crippen molar-refractivity contribution in [1.82, 2.24) is 4.98 Å². The molecular weight excluding hydrogens is 140 g/mol. The second-order valence-electron chi connectivity index (χ2n) is 2.32. The second-order valence-corrected chi connectivity index (χ2v) is 2.32. The fraction of sp³-hybridized carbons (Fsp3) is 0. The van der Waals surface area contributed by atoms with Crippen LogP contribution in [0.3, 0.4) is 0 Å². The lowest BCUT2D eigenvalue weighted by Crippen LogP contribution is -1.75. The number of anilines is 1. The maximum absolute atomic E-state index is 5.51. The van der Waals surface area contributed by atoms with Gasteiger partial charge in [0.15, 0.2) is 0 Å². The molecule has 11 heavy (non-hydrogen) atoms. The fourth-order valence-electron chi connectivity index (χ4n) is 0.985. The minimum absolute atomic E-state index is 0.719. The number of aromatic amines is 1. The molecule has 56 valence electrons. The van der Waals surface area contributed by atoms with Gasteiger partial charge in [0.05, 0.1) is 12.0 Å². The van der Waals surface area contributed by atoms with Crippen LogP contribution in [0.25, 0.3) is 11.5 Å². The van der Waals surface area contributed by atoms with Crippen LogP contribution in [-0.2, 0) is 0 Å². The van der Waals surface area contributed by atoms with Gasteiger partial charge in [0.2, 0.25) is 0 Å². The first-order valence-electron chi connectivity index (χ1n) is 3.34. The van der Waals surface area contributed by atoms with Crippen LogP contribution in [0.4, 0.5) is 5.69 Å². The highest BCUT2D eigenvalue weighted by Crippen LogP contribution is 2.19. The zero-order chi connectivity index (χ0) is 7.68. The first kappa shape index (κ1) is 6.09. The van der Waals surface area contributed by atoms with Crippen molar-refractivity contribution in [2.24, 2.45) is 0 Å². The quantitative estimate of drug-likeness (QED) is 0.648. The molecule has 2 rings (SSSR count). The molecule has 3 N–H and O–H groups in total. The Labute approximate surface area is 63.8 Å². The molecule has 0 radical (unpaired) electrons. The second kappa shape index (κ2) is 2.20. The van der Waals surface area contributed by atoms with Gasteiger partial charge in [-0.25, -0.2) is 0 Å². The summed E-state index contributed by atoms with van der Waals surface area (Å²) in [5.74, 6) is 0.807. The summed E-state index contributed by atoms with van der Waals surface area (Å²) in [6.45, 7) is 0. The van der Waals surface area contributed by atoms with E-state index in [-0.39, 0.29) is 0 Å². The van der Waals surface area contributed by atoms with Crippen molar-refractivity contribution >= 4 is 5.69 Å². The maximum Gasteiger partial charge on any atom is 0.150 e. The van der Waals surface area contributed by atoms with Crippen molar-refractivity contribution in [2.75, 3.05) is 5.73 Å². The molecule has 0 amide bonds. The van der Waals surface area contributed by atoms with E-state index in [1.54, 1.807) is 12.5 Å². The molecule has 2 aromatic rings. The van der Waals surface area contributed by atoms with E-state index < -0.39 is 0 Å². The van der Waals surface area contributed by atoms with Gasteiger partial charge in [0, 0.05) is 11.9 Å². The lowest BCUT2D eigenvalue weighted by Gasteiger charge is -1.86. The highest BCUT2D eigenvalue weighted by atomic mass is 16.3. The van der Waals surface area contributed by atoms with E-state index in [1.807, 2.05) is 18.2 Å². The number of nitrogens with two attached hydrogens (primary N) is 1. The Morgan fingerprint density at radius 3 is 2.91 bits per heavy atom. The molecule has 0 fully saturated rings. The van der Waals surface area contributed by atoms with E-state index in [4.69, 9.17) is 10.2 Å². The van der Waals surface area contributed by atoms with Gasteiger partial charge in [0.25, 0.3) is 0 Å². The van der Waals surface area contributed by atoms with Gasteiger partial charge in [-0.3, -0.25) is 0 Å². The summed E-state index contributed by atoms with van der Waals surface area (Å²) >= 11 is 0. The van der Waals surface area contributed by atoms with Gasteiger partial charge in [-0.15, -0.1) is 0 Å². The smallest absolute Gasteiger partial charge is 0.150 e. The summed E-state index contributed by atoms with van der Waals surface area (Å²) in [6.07, 6.45) is 3.37. The van der Waals surface area contributed by atoms with Crippen LogP contribution >= 0.6 is 0 Å². The lowest BCUT2D eigenvalue weighted by molar-refractivity contribution is 0.580. The number of aromatic nitrogens is 1. The summed E-state index contributed by atoms with van der Waals surface area (Å²) in [6, 6.07) is 5.55. The minimum Gasteiger partial charge on any atom is -0.463 e. The normalized spacial score (nSPS) is 10.2. The monoisotopic (exact) mass is 148 g/mol. The number of hydrogen-bond donors (Lipinski definition) is 2. The van der Waals surface area contributed by atoms with Crippen LogP contribution in [0.15, 0.2) is 35.1 Å². The van der Waals surface area contributed by atoms with Crippen LogP contribution in [0, 0.1) is 0 Å². The predicted octanol–water partition coefficient (Wildman–Crippen LogP) is 1.86.